The first-order valence-corrected chi connectivity index (χ1v) is 10.9. The SMILES string of the molecule is O=C([C@H]1CC=CCC1)N1CCC(N2CCC(Oc3nccs3)CC2)CC1. The second-order valence-corrected chi connectivity index (χ2v) is 8.55. The van der Waals surface area contributed by atoms with Crippen molar-refractivity contribution < 1.29 is 9.53 Å². The average molecular weight is 376 g/mol. The van der Waals surface area contributed by atoms with Gasteiger partial charge in [-0.3, -0.25) is 9.69 Å². The molecule has 3 heterocycles. The molecule has 3 aliphatic rings. The number of likely N-dealkylation sites (tertiary alicyclic amines) is 2. The van der Waals surface area contributed by atoms with E-state index in [4.69, 9.17) is 4.74 Å². The minimum atomic E-state index is 0.232. The van der Waals surface area contributed by atoms with Crippen LogP contribution in [-0.4, -0.2) is 59.0 Å². The quantitative estimate of drug-likeness (QED) is 0.757. The molecule has 0 spiro atoms. The zero-order chi connectivity index (χ0) is 17.8. The summed E-state index contributed by atoms with van der Waals surface area (Å²) in [5, 5.41) is 2.76. The third kappa shape index (κ3) is 4.29. The molecule has 2 fully saturated rings. The summed E-state index contributed by atoms with van der Waals surface area (Å²) in [4.78, 5) is 21.7. The van der Waals surface area contributed by atoms with Gasteiger partial charge in [0.25, 0.3) is 5.19 Å². The molecule has 1 aliphatic carbocycles. The normalized spacial score (nSPS) is 26.2. The van der Waals surface area contributed by atoms with E-state index < -0.39 is 0 Å². The van der Waals surface area contributed by atoms with Gasteiger partial charge >= 0.3 is 0 Å². The molecule has 0 saturated carbocycles. The van der Waals surface area contributed by atoms with Crippen LogP contribution in [0.15, 0.2) is 23.7 Å². The summed E-state index contributed by atoms with van der Waals surface area (Å²) in [5.41, 5.74) is 0. The van der Waals surface area contributed by atoms with Crippen molar-refractivity contribution in [2.45, 2.75) is 57.1 Å². The van der Waals surface area contributed by atoms with Gasteiger partial charge in [-0.15, -0.1) is 0 Å². The number of hydrogen-bond acceptors (Lipinski definition) is 5. The highest BCUT2D eigenvalue weighted by atomic mass is 32.1. The predicted octanol–water partition coefficient (Wildman–Crippen LogP) is 3.33. The molecule has 6 heteroatoms. The highest BCUT2D eigenvalue weighted by molar-refractivity contribution is 7.11. The summed E-state index contributed by atoms with van der Waals surface area (Å²) >= 11 is 1.57. The molecule has 0 radical (unpaired) electrons. The second-order valence-electron chi connectivity index (χ2n) is 7.69. The number of allylic oxidation sites excluding steroid dienone is 2. The Morgan fingerprint density at radius 3 is 2.54 bits per heavy atom. The van der Waals surface area contributed by atoms with Gasteiger partial charge in [0.1, 0.15) is 6.10 Å². The van der Waals surface area contributed by atoms with E-state index in [9.17, 15) is 4.79 Å². The topological polar surface area (TPSA) is 45.7 Å². The summed E-state index contributed by atoms with van der Waals surface area (Å²) in [5.74, 6) is 0.624. The van der Waals surface area contributed by atoms with E-state index in [1.807, 2.05) is 5.38 Å². The number of hydrogen-bond donors (Lipinski definition) is 0. The minimum absolute atomic E-state index is 0.232. The highest BCUT2D eigenvalue weighted by Gasteiger charge is 2.32. The van der Waals surface area contributed by atoms with Gasteiger partial charge in [-0.05, 0) is 44.9 Å². The molecule has 4 rings (SSSR count). The molecule has 0 unspecified atom stereocenters. The van der Waals surface area contributed by atoms with Crippen LogP contribution < -0.4 is 4.74 Å². The summed E-state index contributed by atoms with van der Waals surface area (Å²) in [6.45, 7) is 4.06. The van der Waals surface area contributed by atoms with Gasteiger partial charge in [-0.25, -0.2) is 4.98 Å². The number of carbonyl (C=O) groups excluding carboxylic acids is 1. The van der Waals surface area contributed by atoms with Crippen molar-refractivity contribution in [3.05, 3.63) is 23.7 Å². The van der Waals surface area contributed by atoms with Crippen LogP contribution in [0.2, 0.25) is 0 Å². The summed E-state index contributed by atoms with van der Waals surface area (Å²) in [7, 11) is 0. The molecule has 0 N–H and O–H groups in total. The number of rotatable bonds is 4. The van der Waals surface area contributed by atoms with Gasteiger partial charge < -0.3 is 9.64 Å². The Balaban J connectivity index is 1.20. The number of ether oxygens (including phenoxy) is 1. The predicted molar refractivity (Wildman–Crippen MR) is 103 cm³/mol. The van der Waals surface area contributed by atoms with Crippen LogP contribution in [-0.2, 0) is 4.79 Å². The largest absolute Gasteiger partial charge is 0.467 e. The van der Waals surface area contributed by atoms with Crippen molar-refractivity contribution in [3.8, 4) is 5.19 Å². The maximum atomic E-state index is 12.7. The van der Waals surface area contributed by atoms with E-state index in [2.05, 4.69) is 26.9 Å². The molecule has 26 heavy (non-hydrogen) atoms. The van der Waals surface area contributed by atoms with Gasteiger partial charge in [-0.2, -0.15) is 0 Å². The van der Waals surface area contributed by atoms with E-state index in [0.29, 0.717) is 18.1 Å². The third-order valence-electron chi connectivity index (χ3n) is 6.06. The number of thiazole rings is 1. The lowest BCUT2D eigenvalue weighted by atomic mass is 9.91. The lowest BCUT2D eigenvalue weighted by Crippen LogP contribution is -2.51. The fourth-order valence-corrected chi connectivity index (χ4v) is 5.05. The smallest absolute Gasteiger partial charge is 0.273 e. The Bertz CT molecular complexity index is 603. The summed E-state index contributed by atoms with van der Waals surface area (Å²) in [6, 6.07) is 0.631. The zero-order valence-electron chi connectivity index (χ0n) is 15.4. The van der Waals surface area contributed by atoms with Crippen molar-refractivity contribution in [2.24, 2.45) is 5.92 Å². The highest BCUT2D eigenvalue weighted by Crippen LogP contribution is 2.27. The molecule has 1 atom stereocenters. The average Bonchev–Trinajstić information content (AvgIpc) is 3.22. The summed E-state index contributed by atoms with van der Waals surface area (Å²) < 4.78 is 5.97. The van der Waals surface area contributed by atoms with Crippen molar-refractivity contribution in [3.63, 3.8) is 0 Å². The Hall–Kier alpha value is -1.40. The molecular formula is C20H29N3O2S. The number of carbonyl (C=O) groups is 1. The lowest BCUT2D eigenvalue weighted by Gasteiger charge is -2.42. The van der Waals surface area contributed by atoms with Crippen LogP contribution in [0.4, 0.5) is 0 Å². The monoisotopic (exact) mass is 375 g/mol. The van der Waals surface area contributed by atoms with E-state index in [1.165, 1.54) is 0 Å². The molecule has 0 aromatic carbocycles. The molecule has 1 aromatic rings. The van der Waals surface area contributed by atoms with Gasteiger partial charge in [0.15, 0.2) is 0 Å². The molecule has 5 nitrogen and oxygen atoms in total. The maximum Gasteiger partial charge on any atom is 0.273 e. The number of piperidine rings is 2. The van der Waals surface area contributed by atoms with Gasteiger partial charge in [0.05, 0.1) is 0 Å². The molecule has 0 bridgehead atoms. The Morgan fingerprint density at radius 2 is 1.88 bits per heavy atom. The van der Waals surface area contributed by atoms with Crippen LogP contribution in [0.1, 0.15) is 44.9 Å². The Morgan fingerprint density at radius 1 is 1.08 bits per heavy atom. The molecule has 1 amide bonds. The Labute approximate surface area is 160 Å². The standard InChI is InChI=1S/C20H29N3O2S/c24-19(16-4-2-1-3-5-16)23-11-6-17(7-12-23)22-13-8-18(9-14-22)25-20-21-10-15-26-20/h1-2,10,15-18H,3-9,11-14H2/t16-/m0/s1. The fourth-order valence-electron chi connectivity index (χ4n) is 4.50. The van der Waals surface area contributed by atoms with Crippen LogP contribution in [0.25, 0.3) is 0 Å². The van der Waals surface area contributed by atoms with Crippen molar-refractivity contribution in [1.29, 1.82) is 0 Å². The second kappa shape index (κ2) is 8.53. The van der Waals surface area contributed by atoms with Crippen LogP contribution >= 0.6 is 11.3 Å². The zero-order valence-corrected chi connectivity index (χ0v) is 16.2. The van der Waals surface area contributed by atoms with Crippen LogP contribution in [0.3, 0.4) is 0 Å². The third-order valence-corrected chi connectivity index (χ3v) is 6.73. The van der Waals surface area contributed by atoms with Crippen LogP contribution in [0.5, 0.6) is 5.19 Å². The number of nitrogens with zero attached hydrogens (tertiary/aromatic N) is 3. The van der Waals surface area contributed by atoms with Gasteiger partial charge in [-0.1, -0.05) is 23.5 Å². The number of amides is 1. The van der Waals surface area contributed by atoms with Crippen molar-refractivity contribution in [2.75, 3.05) is 26.2 Å². The van der Waals surface area contributed by atoms with Crippen molar-refractivity contribution in [1.82, 2.24) is 14.8 Å². The Kier molecular flexibility index (Phi) is 5.90. The first kappa shape index (κ1) is 18.0. The first-order valence-electron chi connectivity index (χ1n) is 10.0. The maximum absolute atomic E-state index is 12.7. The van der Waals surface area contributed by atoms with Crippen LogP contribution in [0, 0.1) is 5.92 Å². The lowest BCUT2D eigenvalue weighted by molar-refractivity contribution is -0.137. The number of aromatic nitrogens is 1. The minimum Gasteiger partial charge on any atom is -0.467 e. The fraction of sp³-hybridized carbons (Fsp3) is 0.700. The summed E-state index contributed by atoms with van der Waals surface area (Å²) in [6.07, 6.45) is 13.9. The molecule has 2 saturated heterocycles. The molecule has 2 aliphatic heterocycles. The van der Waals surface area contributed by atoms with Gasteiger partial charge in [0.2, 0.25) is 5.91 Å². The van der Waals surface area contributed by atoms with Crippen molar-refractivity contribution >= 4 is 17.2 Å². The van der Waals surface area contributed by atoms with E-state index >= 15 is 0 Å². The van der Waals surface area contributed by atoms with E-state index in [-0.39, 0.29) is 5.92 Å². The van der Waals surface area contributed by atoms with E-state index in [1.54, 1.807) is 17.5 Å². The first-order chi connectivity index (χ1) is 12.8. The molecule has 142 valence electrons. The van der Waals surface area contributed by atoms with Gasteiger partial charge in [0, 0.05) is 49.7 Å². The van der Waals surface area contributed by atoms with E-state index in [0.717, 1.165) is 76.3 Å². The molecular weight excluding hydrogens is 346 g/mol. The molecule has 1 aromatic heterocycles.